The van der Waals surface area contributed by atoms with Gasteiger partial charge in [-0.05, 0) is 61.4 Å². The highest BCUT2D eigenvalue weighted by Gasteiger charge is 2.26. The van der Waals surface area contributed by atoms with Crippen molar-refractivity contribution in [3.8, 4) is 5.69 Å². The molecule has 8 heteroatoms. The molecule has 0 bridgehead atoms. The Morgan fingerprint density at radius 2 is 1.77 bits per heavy atom. The van der Waals surface area contributed by atoms with E-state index in [9.17, 15) is 13.2 Å². The Morgan fingerprint density at radius 1 is 0.971 bits per heavy atom. The highest BCUT2D eigenvalue weighted by molar-refractivity contribution is 7.92. The summed E-state index contributed by atoms with van der Waals surface area (Å²) in [5, 5.41) is 4.53. The standard InChI is InChI=1S/C27H26N4O3S/c1-19-11-12-20(2)26(15-19)35(33,34)29-23-8-6-7-21(16-23)27(32)30-14-13-25-22(18-30)17-28-31(25)24-9-4-3-5-10-24/h3-12,15-17,29H,13-14,18H2,1-2H3. The van der Waals surface area contributed by atoms with E-state index in [1.165, 1.54) is 0 Å². The van der Waals surface area contributed by atoms with Crippen LogP contribution in [-0.4, -0.2) is 35.6 Å². The third-order valence-corrected chi connectivity index (χ3v) is 7.74. The van der Waals surface area contributed by atoms with E-state index in [1.54, 1.807) is 48.2 Å². The topological polar surface area (TPSA) is 84.3 Å². The Labute approximate surface area is 205 Å². The molecule has 0 saturated carbocycles. The van der Waals surface area contributed by atoms with Crippen LogP contribution in [0.15, 0.2) is 83.9 Å². The number of hydrogen-bond donors (Lipinski definition) is 1. The number of fused-ring (bicyclic) bond motifs is 1. The number of aromatic nitrogens is 2. The summed E-state index contributed by atoms with van der Waals surface area (Å²) >= 11 is 0. The number of amides is 1. The summed E-state index contributed by atoms with van der Waals surface area (Å²) in [7, 11) is -3.78. The van der Waals surface area contributed by atoms with Crippen molar-refractivity contribution in [2.45, 2.75) is 31.7 Å². The Morgan fingerprint density at radius 3 is 2.57 bits per heavy atom. The summed E-state index contributed by atoms with van der Waals surface area (Å²) in [6.07, 6.45) is 2.51. The maximum atomic E-state index is 13.3. The van der Waals surface area contributed by atoms with E-state index in [4.69, 9.17) is 0 Å². The van der Waals surface area contributed by atoms with Gasteiger partial charge in [0.2, 0.25) is 0 Å². The van der Waals surface area contributed by atoms with Gasteiger partial charge >= 0.3 is 0 Å². The minimum Gasteiger partial charge on any atom is -0.334 e. The number of rotatable bonds is 5. The van der Waals surface area contributed by atoms with E-state index < -0.39 is 10.0 Å². The van der Waals surface area contributed by atoms with Gasteiger partial charge < -0.3 is 4.90 Å². The normalized spacial score (nSPS) is 13.4. The molecule has 35 heavy (non-hydrogen) atoms. The molecule has 0 unspecified atom stereocenters. The summed E-state index contributed by atoms with van der Waals surface area (Å²) in [5.74, 6) is -0.143. The molecule has 1 aromatic heterocycles. The first-order valence-corrected chi connectivity index (χ1v) is 12.9. The monoisotopic (exact) mass is 486 g/mol. The lowest BCUT2D eigenvalue weighted by Crippen LogP contribution is -2.36. The van der Waals surface area contributed by atoms with Crippen LogP contribution in [0.4, 0.5) is 5.69 Å². The lowest BCUT2D eigenvalue weighted by atomic mass is 10.1. The number of anilines is 1. The van der Waals surface area contributed by atoms with E-state index >= 15 is 0 Å². The Kier molecular flexibility index (Phi) is 5.90. The molecule has 0 saturated heterocycles. The average molecular weight is 487 g/mol. The van der Waals surface area contributed by atoms with E-state index in [1.807, 2.05) is 54.2 Å². The van der Waals surface area contributed by atoms with Crippen LogP contribution in [0, 0.1) is 13.8 Å². The molecule has 0 aliphatic carbocycles. The minimum atomic E-state index is -3.78. The Balaban J connectivity index is 1.35. The number of benzene rings is 3. The van der Waals surface area contributed by atoms with E-state index in [0.717, 1.165) is 22.5 Å². The molecule has 1 aliphatic rings. The van der Waals surface area contributed by atoms with Crippen molar-refractivity contribution in [2.75, 3.05) is 11.3 Å². The maximum absolute atomic E-state index is 13.3. The zero-order valence-electron chi connectivity index (χ0n) is 19.6. The first kappa shape index (κ1) is 22.9. The lowest BCUT2D eigenvalue weighted by Gasteiger charge is -2.27. The number of nitrogens with one attached hydrogen (secondary N) is 1. The van der Waals surface area contributed by atoms with Crippen LogP contribution in [0.2, 0.25) is 0 Å². The molecule has 0 radical (unpaired) electrons. The quantitative estimate of drug-likeness (QED) is 0.451. The van der Waals surface area contributed by atoms with Gasteiger partial charge in [-0.2, -0.15) is 5.10 Å². The van der Waals surface area contributed by atoms with Crippen LogP contribution in [0.5, 0.6) is 0 Å². The van der Waals surface area contributed by atoms with Gasteiger partial charge in [0.05, 0.1) is 22.5 Å². The highest BCUT2D eigenvalue weighted by Crippen LogP contribution is 2.25. The second kappa shape index (κ2) is 9.03. The van der Waals surface area contributed by atoms with Crippen LogP contribution >= 0.6 is 0 Å². The molecular formula is C27H26N4O3S. The van der Waals surface area contributed by atoms with Crippen molar-refractivity contribution in [2.24, 2.45) is 0 Å². The van der Waals surface area contributed by atoms with Crippen molar-refractivity contribution in [3.63, 3.8) is 0 Å². The molecule has 0 fully saturated rings. The molecular weight excluding hydrogens is 460 g/mol. The van der Waals surface area contributed by atoms with Crippen LogP contribution in [0.25, 0.3) is 5.69 Å². The molecule has 1 N–H and O–H groups in total. The average Bonchev–Trinajstić information content (AvgIpc) is 3.29. The summed E-state index contributed by atoms with van der Waals surface area (Å²) in [6.45, 7) is 4.63. The molecule has 7 nitrogen and oxygen atoms in total. The SMILES string of the molecule is Cc1ccc(C)c(S(=O)(=O)Nc2cccc(C(=O)N3CCc4c(cnn4-c4ccccc4)C3)c2)c1. The Bertz CT molecular complexity index is 1510. The second-order valence-electron chi connectivity index (χ2n) is 8.80. The van der Waals surface area contributed by atoms with Gasteiger partial charge in [0.1, 0.15) is 0 Å². The van der Waals surface area contributed by atoms with Gasteiger partial charge in [-0.3, -0.25) is 9.52 Å². The summed E-state index contributed by atoms with van der Waals surface area (Å²) in [5.41, 5.74) is 5.43. The number of nitrogens with zero attached hydrogens (tertiary/aromatic N) is 3. The van der Waals surface area contributed by atoms with Gasteiger partial charge in [0.15, 0.2) is 0 Å². The zero-order chi connectivity index (χ0) is 24.6. The predicted octanol–water partition coefficient (Wildman–Crippen LogP) is 4.49. The zero-order valence-corrected chi connectivity index (χ0v) is 20.4. The fourth-order valence-corrected chi connectivity index (χ4v) is 5.78. The first-order valence-electron chi connectivity index (χ1n) is 11.4. The smallest absolute Gasteiger partial charge is 0.262 e. The van der Waals surface area contributed by atoms with Crippen molar-refractivity contribution in [3.05, 3.63) is 107 Å². The van der Waals surface area contributed by atoms with Crippen LogP contribution in [0.1, 0.15) is 32.7 Å². The van der Waals surface area contributed by atoms with Gasteiger partial charge in [0, 0.05) is 36.3 Å². The number of sulfonamides is 1. The number of para-hydroxylation sites is 1. The lowest BCUT2D eigenvalue weighted by molar-refractivity contribution is 0.0734. The molecule has 1 aliphatic heterocycles. The first-order chi connectivity index (χ1) is 16.8. The van der Waals surface area contributed by atoms with E-state index in [-0.39, 0.29) is 10.8 Å². The van der Waals surface area contributed by atoms with Gasteiger partial charge in [-0.15, -0.1) is 0 Å². The second-order valence-corrected chi connectivity index (χ2v) is 10.4. The van der Waals surface area contributed by atoms with Crippen molar-refractivity contribution in [1.29, 1.82) is 0 Å². The summed E-state index contributed by atoms with van der Waals surface area (Å²) < 4.78 is 30.6. The molecule has 5 rings (SSSR count). The van der Waals surface area contributed by atoms with Crippen LogP contribution in [0.3, 0.4) is 0 Å². The van der Waals surface area contributed by atoms with Crippen molar-refractivity contribution < 1.29 is 13.2 Å². The highest BCUT2D eigenvalue weighted by atomic mass is 32.2. The van der Waals surface area contributed by atoms with Crippen molar-refractivity contribution >= 4 is 21.6 Å². The number of carbonyl (C=O) groups excluding carboxylic acids is 1. The molecule has 178 valence electrons. The Hall–Kier alpha value is -3.91. The molecule has 1 amide bonds. The summed E-state index contributed by atoms with van der Waals surface area (Å²) in [6, 6.07) is 21.9. The van der Waals surface area contributed by atoms with Gasteiger partial charge in [-0.25, -0.2) is 13.1 Å². The fourth-order valence-electron chi connectivity index (χ4n) is 4.40. The van der Waals surface area contributed by atoms with Gasteiger partial charge in [0.25, 0.3) is 15.9 Å². The molecule has 0 spiro atoms. The fraction of sp³-hybridized carbons (Fsp3) is 0.185. The van der Waals surface area contributed by atoms with Gasteiger partial charge in [-0.1, -0.05) is 36.4 Å². The van der Waals surface area contributed by atoms with Crippen molar-refractivity contribution in [1.82, 2.24) is 14.7 Å². The molecule has 4 aromatic rings. The largest absolute Gasteiger partial charge is 0.334 e. The van der Waals surface area contributed by atoms with E-state index in [0.29, 0.717) is 36.3 Å². The number of aryl methyl sites for hydroxylation is 2. The molecule has 3 aromatic carbocycles. The van der Waals surface area contributed by atoms with Crippen LogP contribution in [-0.2, 0) is 23.0 Å². The third-order valence-electron chi connectivity index (χ3n) is 6.22. The van der Waals surface area contributed by atoms with Crippen LogP contribution < -0.4 is 4.72 Å². The van der Waals surface area contributed by atoms with E-state index in [2.05, 4.69) is 9.82 Å². The molecule has 0 atom stereocenters. The number of hydrogen-bond acceptors (Lipinski definition) is 4. The maximum Gasteiger partial charge on any atom is 0.262 e. The minimum absolute atomic E-state index is 0.143. The summed E-state index contributed by atoms with van der Waals surface area (Å²) in [4.78, 5) is 15.3. The molecule has 2 heterocycles. The third kappa shape index (κ3) is 4.57. The predicted molar refractivity (Wildman–Crippen MR) is 135 cm³/mol. The number of carbonyl (C=O) groups is 1.